The third-order valence-electron chi connectivity index (χ3n) is 9.94. The van der Waals surface area contributed by atoms with Crippen molar-refractivity contribution in [3.63, 3.8) is 0 Å². The highest BCUT2D eigenvalue weighted by Gasteiger charge is 2.39. The molecule has 7 atom stereocenters. The van der Waals surface area contributed by atoms with Crippen molar-refractivity contribution in [3.8, 4) is 0 Å². The van der Waals surface area contributed by atoms with Gasteiger partial charge in [0.15, 0.2) is 6.10 Å². The maximum absolute atomic E-state index is 12.7. The van der Waals surface area contributed by atoms with Crippen molar-refractivity contribution in [2.45, 2.75) is 160 Å². The lowest BCUT2D eigenvalue weighted by molar-refractivity contribution is -0.161. The van der Waals surface area contributed by atoms with Gasteiger partial charge in [-0.25, -0.2) is 4.57 Å². The molecule has 1 fully saturated rings. The summed E-state index contributed by atoms with van der Waals surface area (Å²) >= 11 is 0. The van der Waals surface area contributed by atoms with Gasteiger partial charge in [0.05, 0.1) is 32.0 Å². The number of ether oxygens (including phenoxy) is 2. The summed E-state index contributed by atoms with van der Waals surface area (Å²) in [6.07, 6.45) is 37.5. The molecule has 352 valence electrons. The van der Waals surface area contributed by atoms with Gasteiger partial charge in [-0.3, -0.25) is 23.4 Å². The lowest BCUT2D eigenvalue weighted by atomic mass is 9.88. The summed E-state index contributed by atoms with van der Waals surface area (Å²) < 4.78 is 32.6. The summed E-state index contributed by atoms with van der Waals surface area (Å²) in [5.74, 6) is -1.83. The van der Waals surface area contributed by atoms with Crippen molar-refractivity contribution in [1.29, 1.82) is 0 Å². The summed E-state index contributed by atoms with van der Waals surface area (Å²) in [5, 5.41) is 39.1. The van der Waals surface area contributed by atoms with Crippen LogP contribution in [0, 0.1) is 11.8 Å². The van der Waals surface area contributed by atoms with E-state index in [4.69, 9.17) is 19.1 Å². The minimum absolute atomic E-state index is 0.0151. The van der Waals surface area contributed by atoms with Crippen LogP contribution in [0.4, 0.5) is 0 Å². The first kappa shape index (κ1) is 56.8. The Bertz CT molecular complexity index is 1470. The standard InChI is InChI=1S/C48H77O13P/c1-3-5-7-8-9-10-11-12-13-14-15-16-17-18-19-20-21-22-27-31-47(54)58-38-42(39-60-62(56,57)59-37-41(51)36-49)61-48(55)32-28-24-23-26-30-43-44(46(53)35-45(43)52)34-33-40(50)29-25-6-4-2/h5,7,9-10,12-13,15-16,18-19,21-22,33-34,40-44,46,49-51,53H,3-4,6,8,11,14,17,20,23-32,35-39H2,1-2H3,(H,56,57)/b7-5-,10-9-,13-12-,16-15-,19-18-,22-21-,34-33+/t40-,41-,42+,43+,44+,46+/m0/s1. The number of hydrogen-bond acceptors (Lipinski definition) is 12. The molecule has 0 aromatic rings. The molecule has 1 rings (SSSR count). The molecular weight excluding hydrogens is 815 g/mol. The van der Waals surface area contributed by atoms with E-state index >= 15 is 0 Å². The zero-order chi connectivity index (χ0) is 45.7. The molecule has 1 unspecified atom stereocenters. The highest BCUT2D eigenvalue weighted by molar-refractivity contribution is 7.47. The first-order chi connectivity index (χ1) is 29.9. The fraction of sp³-hybridized carbons (Fsp3) is 0.646. The van der Waals surface area contributed by atoms with Crippen LogP contribution in [-0.2, 0) is 37.5 Å². The van der Waals surface area contributed by atoms with Crippen LogP contribution < -0.4 is 0 Å². The van der Waals surface area contributed by atoms with Crippen molar-refractivity contribution >= 4 is 25.5 Å². The second kappa shape index (κ2) is 37.1. The monoisotopic (exact) mass is 893 g/mol. The Morgan fingerprint density at radius 1 is 0.742 bits per heavy atom. The second-order valence-electron chi connectivity index (χ2n) is 15.5. The van der Waals surface area contributed by atoms with Gasteiger partial charge in [-0.05, 0) is 64.2 Å². The fourth-order valence-corrected chi connectivity index (χ4v) is 7.23. The molecule has 0 aliphatic heterocycles. The number of unbranched alkanes of at least 4 members (excludes halogenated alkanes) is 5. The molecule has 0 amide bonds. The number of carbonyl (C=O) groups is 3. The van der Waals surface area contributed by atoms with Crippen molar-refractivity contribution < 1.29 is 62.8 Å². The zero-order valence-electron chi connectivity index (χ0n) is 37.3. The Kier molecular flexibility index (Phi) is 34.0. The molecule has 1 aliphatic carbocycles. The van der Waals surface area contributed by atoms with Crippen LogP contribution in [0.25, 0.3) is 0 Å². The van der Waals surface area contributed by atoms with Gasteiger partial charge in [0.1, 0.15) is 18.5 Å². The van der Waals surface area contributed by atoms with Crippen LogP contribution in [0.5, 0.6) is 0 Å². The van der Waals surface area contributed by atoms with E-state index in [-0.39, 0.29) is 36.9 Å². The molecule has 0 bridgehead atoms. The Morgan fingerprint density at radius 3 is 1.92 bits per heavy atom. The highest BCUT2D eigenvalue weighted by atomic mass is 31.2. The lowest BCUT2D eigenvalue weighted by Crippen LogP contribution is -2.29. The predicted octanol–water partition coefficient (Wildman–Crippen LogP) is 8.81. The van der Waals surface area contributed by atoms with E-state index in [2.05, 4.69) is 73.1 Å². The van der Waals surface area contributed by atoms with E-state index in [0.29, 0.717) is 44.9 Å². The SMILES string of the molecule is CC/C=C\C/C=C\C/C=C\C/C=C\C/C=C\C/C=C\CCC(=O)OC[C@H](COP(=O)(O)OC[C@@H](O)CO)OC(=O)CCCCCC[C@H]1C(=O)C[C@@H](O)[C@@H]1/C=C/[C@@H](O)CCCCC. The molecule has 5 N–H and O–H groups in total. The number of rotatable bonds is 37. The first-order valence-corrected chi connectivity index (χ1v) is 24.1. The minimum Gasteiger partial charge on any atom is -0.462 e. The van der Waals surface area contributed by atoms with E-state index in [9.17, 15) is 39.2 Å². The quantitative estimate of drug-likeness (QED) is 0.0171. The maximum Gasteiger partial charge on any atom is 0.472 e. The topological polar surface area (TPSA) is 206 Å². The van der Waals surface area contributed by atoms with Gasteiger partial charge in [-0.2, -0.15) is 0 Å². The molecule has 1 saturated carbocycles. The largest absolute Gasteiger partial charge is 0.472 e. The number of aliphatic hydroxyl groups excluding tert-OH is 4. The number of phosphoric acid groups is 1. The Balaban J connectivity index is 2.48. The summed E-state index contributed by atoms with van der Waals surface area (Å²) in [4.78, 5) is 47.8. The van der Waals surface area contributed by atoms with E-state index in [1.165, 1.54) is 0 Å². The molecule has 13 nitrogen and oxygen atoms in total. The van der Waals surface area contributed by atoms with Crippen molar-refractivity contribution in [2.75, 3.05) is 26.4 Å². The molecule has 62 heavy (non-hydrogen) atoms. The molecule has 0 saturated heterocycles. The van der Waals surface area contributed by atoms with Crippen molar-refractivity contribution in [3.05, 3.63) is 85.1 Å². The Labute approximate surface area is 371 Å². The number of ketones is 1. The van der Waals surface area contributed by atoms with E-state index in [1.807, 2.05) is 18.2 Å². The van der Waals surface area contributed by atoms with Crippen molar-refractivity contribution in [2.24, 2.45) is 11.8 Å². The summed E-state index contributed by atoms with van der Waals surface area (Å²) in [6, 6.07) is 0. The maximum atomic E-state index is 12.7. The number of carbonyl (C=O) groups excluding carboxylic acids is 3. The number of phosphoric ester groups is 1. The third-order valence-corrected chi connectivity index (χ3v) is 10.9. The van der Waals surface area contributed by atoms with Crippen LogP contribution in [0.3, 0.4) is 0 Å². The third kappa shape index (κ3) is 30.7. The van der Waals surface area contributed by atoms with Gasteiger partial charge in [0, 0.05) is 31.1 Å². The number of hydrogen-bond donors (Lipinski definition) is 5. The lowest BCUT2D eigenvalue weighted by Gasteiger charge is -2.20. The van der Waals surface area contributed by atoms with E-state index in [0.717, 1.165) is 57.8 Å². The number of esters is 2. The summed E-state index contributed by atoms with van der Waals surface area (Å²) in [7, 11) is -4.71. The van der Waals surface area contributed by atoms with Gasteiger partial charge in [-0.15, -0.1) is 0 Å². The van der Waals surface area contributed by atoms with Crippen LogP contribution >= 0.6 is 7.82 Å². The average Bonchev–Trinajstić information content (AvgIpc) is 3.52. The number of aliphatic hydroxyl groups is 4. The summed E-state index contributed by atoms with van der Waals surface area (Å²) in [5.41, 5.74) is 0. The number of Topliss-reactive ketones (excluding diaryl/α,β-unsaturated/α-hetero) is 1. The molecular formula is C48H77O13P. The molecule has 0 aromatic heterocycles. The second-order valence-corrected chi connectivity index (χ2v) is 16.9. The van der Waals surface area contributed by atoms with Crippen LogP contribution in [0.2, 0.25) is 0 Å². The van der Waals surface area contributed by atoms with Gasteiger partial charge in [0.25, 0.3) is 0 Å². The van der Waals surface area contributed by atoms with Gasteiger partial charge in [-0.1, -0.05) is 137 Å². The molecule has 0 aromatic carbocycles. The van der Waals surface area contributed by atoms with E-state index in [1.54, 1.807) is 12.2 Å². The average molecular weight is 893 g/mol. The van der Waals surface area contributed by atoms with Gasteiger partial charge >= 0.3 is 19.8 Å². The van der Waals surface area contributed by atoms with E-state index < -0.39 is 70.6 Å². The molecule has 14 heteroatoms. The smallest absolute Gasteiger partial charge is 0.462 e. The van der Waals surface area contributed by atoms with Gasteiger partial charge in [0.2, 0.25) is 0 Å². The fourth-order valence-electron chi connectivity index (χ4n) is 6.44. The molecule has 1 aliphatic rings. The molecule has 0 spiro atoms. The minimum atomic E-state index is -4.71. The van der Waals surface area contributed by atoms with Gasteiger partial charge < -0.3 is 34.8 Å². The van der Waals surface area contributed by atoms with Crippen molar-refractivity contribution in [1.82, 2.24) is 0 Å². The number of allylic oxidation sites excluding steroid dienone is 12. The van der Waals surface area contributed by atoms with Crippen LogP contribution in [0.15, 0.2) is 85.1 Å². The first-order valence-electron chi connectivity index (χ1n) is 22.6. The Hall–Kier alpha value is -3.26. The zero-order valence-corrected chi connectivity index (χ0v) is 38.2. The van der Waals surface area contributed by atoms with Crippen LogP contribution in [0.1, 0.15) is 136 Å². The van der Waals surface area contributed by atoms with Crippen LogP contribution in [-0.4, -0.2) is 93.9 Å². The summed E-state index contributed by atoms with van der Waals surface area (Å²) in [6.45, 7) is 1.78. The molecule has 0 heterocycles. The predicted molar refractivity (Wildman–Crippen MR) is 243 cm³/mol. The normalized spacial score (nSPS) is 19.9. The highest BCUT2D eigenvalue weighted by Crippen LogP contribution is 2.43. The Morgan fingerprint density at radius 2 is 1.32 bits per heavy atom. The molecule has 0 radical (unpaired) electrons.